The maximum absolute atomic E-state index is 12.9. The van der Waals surface area contributed by atoms with Crippen molar-refractivity contribution >= 4 is 28.4 Å². The van der Waals surface area contributed by atoms with Crippen molar-refractivity contribution in [3.8, 4) is 5.69 Å². The van der Waals surface area contributed by atoms with Gasteiger partial charge in [-0.1, -0.05) is 23.7 Å². The van der Waals surface area contributed by atoms with Gasteiger partial charge in [0.15, 0.2) is 0 Å². The maximum atomic E-state index is 12.9. The SMILES string of the molecule is CC(c1ccc(-n2cncn2)cc1)N(C)C(=O)c1cc2cc(Cl)ccc2[nH]1. The second kappa shape index (κ2) is 6.89. The lowest BCUT2D eigenvalue weighted by Gasteiger charge is -2.25. The number of H-pyrrole nitrogens is 1. The molecule has 27 heavy (non-hydrogen) atoms. The van der Waals surface area contributed by atoms with Crippen LogP contribution in [0.2, 0.25) is 5.02 Å². The summed E-state index contributed by atoms with van der Waals surface area (Å²) >= 11 is 6.03. The Balaban J connectivity index is 1.55. The molecule has 1 amide bonds. The zero-order valence-corrected chi connectivity index (χ0v) is 15.7. The smallest absolute Gasteiger partial charge is 0.270 e. The Labute approximate surface area is 161 Å². The standard InChI is InChI=1S/C20H18ClN5O/c1-13(14-3-6-17(7-4-14)26-12-22-11-23-26)25(2)20(27)19-10-15-9-16(21)5-8-18(15)24-19/h3-13,24H,1-2H3. The number of nitrogens with zero attached hydrogens (tertiary/aromatic N) is 4. The van der Waals surface area contributed by atoms with Crippen LogP contribution >= 0.6 is 11.6 Å². The summed E-state index contributed by atoms with van der Waals surface area (Å²) in [5, 5.41) is 5.69. The van der Waals surface area contributed by atoms with Gasteiger partial charge < -0.3 is 9.88 Å². The molecule has 1 unspecified atom stereocenters. The second-order valence-electron chi connectivity index (χ2n) is 6.44. The number of fused-ring (bicyclic) bond motifs is 1. The minimum absolute atomic E-state index is 0.0739. The van der Waals surface area contributed by atoms with E-state index in [1.165, 1.54) is 6.33 Å². The summed E-state index contributed by atoms with van der Waals surface area (Å²) in [6.45, 7) is 2.00. The first-order valence-electron chi connectivity index (χ1n) is 8.53. The first kappa shape index (κ1) is 17.3. The Morgan fingerprint density at radius 1 is 1.19 bits per heavy atom. The average Bonchev–Trinajstić information content (AvgIpc) is 3.36. The van der Waals surface area contributed by atoms with Gasteiger partial charge in [-0.25, -0.2) is 9.67 Å². The Bertz CT molecular complexity index is 1090. The molecule has 4 aromatic rings. The molecular formula is C20H18ClN5O. The van der Waals surface area contributed by atoms with E-state index in [2.05, 4.69) is 15.1 Å². The predicted octanol–water partition coefficient (Wildman–Crippen LogP) is 4.24. The van der Waals surface area contributed by atoms with Gasteiger partial charge >= 0.3 is 0 Å². The molecule has 136 valence electrons. The molecule has 4 rings (SSSR count). The maximum Gasteiger partial charge on any atom is 0.270 e. The second-order valence-corrected chi connectivity index (χ2v) is 6.87. The monoisotopic (exact) mass is 379 g/mol. The third-order valence-corrected chi connectivity index (χ3v) is 5.01. The Morgan fingerprint density at radius 3 is 2.67 bits per heavy atom. The molecule has 0 radical (unpaired) electrons. The molecule has 0 saturated heterocycles. The molecule has 0 saturated carbocycles. The number of hydrogen-bond acceptors (Lipinski definition) is 3. The fourth-order valence-corrected chi connectivity index (χ4v) is 3.24. The highest BCUT2D eigenvalue weighted by Gasteiger charge is 2.20. The van der Waals surface area contributed by atoms with Gasteiger partial charge in [-0.3, -0.25) is 4.79 Å². The Kier molecular flexibility index (Phi) is 4.41. The van der Waals surface area contributed by atoms with Crippen LogP contribution in [-0.2, 0) is 0 Å². The largest absolute Gasteiger partial charge is 0.351 e. The molecule has 0 aliphatic heterocycles. The lowest BCUT2D eigenvalue weighted by atomic mass is 10.1. The molecule has 7 heteroatoms. The fourth-order valence-electron chi connectivity index (χ4n) is 3.06. The minimum Gasteiger partial charge on any atom is -0.351 e. The highest BCUT2D eigenvalue weighted by atomic mass is 35.5. The van der Waals surface area contributed by atoms with Gasteiger partial charge in [-0.15, -0.1) is 0 Å². The van der Waals surface area contributed by atoms with Crippen molar-refractivity contribution < 1.29 is 4.79 Å². The topological polar surface area (TPSA) is 66.8 Å². The number of rotatable bonds is 4. The molecule has 0 aliphatic carbocycles. The number of aromatic nitrogens is 4. The Hall–Kier alpha value is -3.12. The fraction of sp³-hybridized carbons (Fsp3) is 0.150. The Morgan fingerprint density at radius 2 is 1.96 bits per heavy atom. The van der Waals surface area contributed by atoms with Gasteiger partial charge in [-0.05, 0) is 48.9 Å². The summed E-state index contributed by atoms with van der Waals surface area (Å²) in [6, 6.07) is 15.2. The third-order valence-electron chi connectivity index (χ3n) is 4.77. The number of halogens is 1. The van der Waals surface area contributed by atoms with Crippen LogP contribution in [0, 0.1) is 0 Å². The molecule has 2 aromatic carbocycles. The van der Waals surface area contributed by atoms with E-state index in [1.54, 1.807) is 29.0 Å². The van der Waals surface area contributed by atoms with Crippen molar-refractivity contribution in [1.29, 1.82) is 0 Å². The molecular weight excluding hydrogens is 362 g/mol. The number of hydrogen-bond donors (Lipinski definition) is 1. The van der Waals surface area contributed by atoms with E-state index >= 15 is 0 Å². The first-order valence-corrected chi connectivity index (χ1v) is 8.91. The van der Waals surface area contributed by atoms with Gasteiger partial charge in [0.25, 0.3) is 5.91 Å². The molecule has 0 bridgehead atoms. The van der Waals surface area contributed by atoms with E-state index < -0.39 is 0 Å². The van der Waals surface area contributed by atoms with Crippen LogP contribution in [0.4, 0.5) is 0 Å². The number of amides is 1. The number of carbonyl (C=O) groups is 1. The normalized spacial score (nSPS) is 12.3. The van der Waals surface area contributed by atoms with Crippen molar-refractivity contribution in [1.82, 2.24) is 24.6 Å². The van der Waals surface area contributed by atoms with Crippen molar-refractivity contribution in [2.75, 3.05) is 7.05 Å². The summed E-state index contributed by atoms with van der Waals surface area (Å²) in [7, 11) is 1.80. The molecule has 2 aromatic heterocycles. The van der Waals surface area contributed by atoms with Crippen molar-refractivity contribution in [2.45, 2.75) is 13.0 Å². The summed E-state index contributed by atoms with van der Waals surface area (Å²) in [5.41, 5.74) is 3.39. The first-order chi connectivity index (χ1) is 13.0. The number of nitrogens with one attached hydrogen (secondary N) is 1. The molecule has 6 nitrogen and oxygen atoms in total. The quantitative estimate of drug-likeness (QED) is 0.576. The highest BCUT2D eigenvalue weighted by molar-refractivity contribution is 6.31. The van der Waals surface area contributed by atoms with Crippen LogP contribution in [0.5, 0.6) is 0 Å². The summed E-state index contributed by atoms with van der Waals surface area (Å²) < 4.78 is 1.69. The number of benzene rings is 2. The number of carbonyl (C=O) groups excluding carboxylic acids is 1. The zero-order valence-electron chi connectivity index (χ0n) is 14.9. The van der Waals surface area contributed by atoms with E-state index in [4.69, 9.17) is 11.6 Å². The van der Waals surface area contributed by atoms with E-state index in [1.807, 2.05) is 49.4 Å². The molecule has 2 heterocycles. The minimum atomic E-state index is -0.0858. The highest BCUT2D eigenvalue weighted by Crippen LogP contribution is 2.24. The van der Waals surface area contributed by atoms with Crippen LogP contribution in [0.1, 0.15) is 29.0 Å². The zero-order chi connectivity index (χ0) is 19.0. The summed E-state index contributed by atoms with van der Waals surface area (Å²) in [4.78, 5) is 21.7. The van der Waals surface area contributed by atoms with Gasteiger partial charge in [-0.2, -0.15) is 5.10 Å². The van der Waals surface area contributed by atoms with Crippen LogP contribution < -0.4 is 0 Å². The van der Waals surface area contributed by atoms with E-state index in [0.717, 1.165) is 22.2 Å². The van der Waals surface area contributed by atoms with Crippen molar-refractivity contribution in [3.63, 3.8) is 0 Å². The third kappa shape index (κ3) is 3.31. The number of aromatic amines is 1. The van der Waals surface area contributed by atoms with E-state index in [-0.39, 0.29) is 11.9 Å². The van der Waals surface area contributed by atoms with Crippen LogP contribution in [0.25, 0.3) is 16.6 Å². The lowest BCUT2D eigenvalue weighted by Crippen LogP contribution is -2.29. The lowest BCUT2D eigenvalue weighted by molar-refractivity contribution is 0.0737. The van der Waals surface area contributed by atoms with Crippen molar-refractivity contribution in [2.24, 2.45) is 0 Å². The van der Waals surface area contributed by atoms with Gasteiger partial charge in [0.2, 0.25) is 0 Å². The van der Waals surface area contributed by atoms with Crippen molar-refractivity contribution in [3.05, 3.63) is 77.5 Å². The predicted molar refractivity (Wildman–Crippen MR) is 105 cm³/mol. The van der Waals surface area contributed by atoms with Crippen LogP contribution in [0.15, 0.2) is 61.2 Å². The van der Waals surface area contributed by atoms with Gasteiger partial charge in [0.1, 0.15) is 18.3 Å². The van der Waals surface area contributed by atoms with E-state index in [0.29, 0.717) is 10.7 Å². The average molecular weight is 380 g/mol. The van der Waals surface area contributed by atoms with Crippen LogP contribution in [-0.4, -0.2) is 37.6 Å². The summed E-state index contributed by atoms with van der Waals surface area (Å²) in [6.07, 6.45) is 3.15. The molecule has 0 fully saturated rings. The van der Waals surface area contributed by atoms with E-state index in [9.17, 15) is 4.79 Å². The molecule has 0 aliphatic rings. The molecule has 1 N–H and O–H groups in total. The summed E-state index contributed by atoms with van der Waals surface area (Å²) in [5.74, 6) is -0.0739. The van der Waals surface area contributed by atoms with Crippen LogP contribution in [0.3, 0.4) is 0 Å². The van der Waals surface area contributed by atoms with Gasteiger partial charge in [0, 0.05) is 23.0 Å². The molecule has 1 atom stereocenters. The van der Waals surface area contributed by atoms with Gasteiger partial charge in [0.05, 0.1) is 11.7 Å². The molecule has 0 spiro atoms.